The molecule has 0 radical (unpaired) electrons. The van der Waals surface area contributed by atoms with Crippen molar-refractivity contribution in [2.24, 2.45) is 5.92 Å². The van der Waals surface area contributed by atoms with Gasteiger partial charge in [0.05, 0.1) is 26.6 Å². The van der Waals surface area contributed by atoms with Gasteiger partial charge >= 0.3 is 0 Å². The molecule has 3 rings (SSSR count). The zero-order valence-electron chi connectivity index (χ0n) is 18.6. The Labute approximate surface area is 184 Å². The molecule has 2 atom stereocenters. The van der Waals surface area contributed by atoms with Crippen LogP contribution < -0.4 is 14.8 Å². The molecule has 166 valence electrons. The van der Waals surface area contributed by atoms with Crippen LogP contribution in [0.15, 0.2) is 48.5 Å². The first-order chi connectivity index (χ1) is 15.1. The summed E-state index contributed by atoms with van der Waals surface area (Å²) in [6.45, 7) is 3.61. The summed E-state index contributed by atoms with van der Waals surface area (Å²) in [5, 5.41) is 3.05. The average Bonchev–Trinajstić information content (AvgIpc) is 3.25. The summed E-state index contributed by atoms with van der Waals surface area (Å²) in [6, 6.07) is 15.3. The third-order valence-electron chi connectivity index (χ3n) is 5.87. The van der Waals surface area contributed by atoms with E-state index in [1.807, 2.05) is 48.5 Å². The fourth-order valence-electron chi connectivity index (χ4n) is 4.12. The third kappa shape index (κ3) is 5.57. The van der Waals surface area contributed by atoms with E-state index in [1.165, 1.54) is 0 Å². The molecule has 6 nitrogen and oxygen atoms in total. The molecule has 1 saturated heterocycles. The molecule has 2 amide bonds. The topological polar surface area (TPSA) is 67.9 Å². The van der Waals surface area contributed by atoms with Gasteiger partial charge in [0.15, 0.2) is 0 Å². The van der Waals surface area contributed by atoms with Crippen molar-refractivity contribution in [3.63, 3.8) is 0 Å². The van der Waals surface area contributed by atoms with Crippen LogP contribution in [0.5, 0.6) is 11.5 Å². The number of benzene rings is 2. The van der Waals surface area contributed by atoms with Crippen LogP contribution in [0.3, 0.4) is 0 Å². The maximum Gasteiger partial charge on any atom is 0.227 e. The summed E-state index contributed by atoms with van der Waals surface area (Å²) >= 11 is 0. The second-order valence-electron chi connectivity index (χ2n) is 7.93. The second kappa shape index (κ2) is 10.8. The van der Waals surface area contributed by atoms with E-state index >= 15 is 0 Å². The molecule has 0 bridgehead atoms. The van der Waals surface area contributed by atoms with Gasteiger partial charge in [0, 0.05) is 31.1 Å². The summed E-state index contributed by atoms with van der Waals surface area (Å²) in [4.78, 5) is 27.9. The average molecular weight is 425 g/mol. The molecule has 31 heavy (non-hydrogen) atoms. The summed E-state index contributed by atoms with van der Waals surface area (Å²) in [7, 11) is 3.24. The zero-order valence-corrected chi connectivity index (χ0v) is 18.6. The van der Waals surface area contributed by atoms with E-state index in [2.05, 4.69) is 12.2 Å². The number of hydrogen-bond acceptors (Lipinski definition) is 4. The SMILES string of the molecule is CCCCNC(=O)[C@H]1CN(C(=O)Cc2ccccc2)C[C@H]1c1cc(OC)ccc1OC. The molecule has 6 heteroatoms. The van der Waals surface area contributed by atoms with Crippen molar-refractivity contribution >= 4 is 11.8 Å². The molecular weight excluding hydrogens is 392 g/mol. The fourth-order valence-corrected chi connectivity index (χ4v) is 4.12. The quantitative estimate of drug-likeness (QED) is 0.627. The van der Waals surface area contributed by atoms with E-state index in [1.54, 1.807) is 19.1 Å². The smallest absolute Gasteiger partial charge is 0.227 e. The Morgan fingerprint density at radius 2 is 1.84 bits per heavy atom. The molecule has 0 aliphatic carbocycles. The minimum Gasteiger partial charge on any atom is -0.497 e. The van der Waals surface area contributed by atoms with Crippen LogP contribution in [0.25, 0.3) is 0 Å². The number of carbonyl (C=O) groups is 2. The van der Waals surface area contributed by atoms with Crippen molar-refractivity contribution < 1.29 is 19.1 Å². The Morgan fingerprint density at radius 1 is 1.06 bits per heavy atom. The van der Waals surface area contributed by atoms with Gasteiger partial charge in [-0.25, -0.2) is 0 Å². The van der Waals surface area contributed by atoms with Gasteiger partial charge in [0.2, 0.25) is 11.8 Å². The Morgan fingerprint density at radius 3 is 2.52 bits per heavy atom. The number of hydrogen-bond donors (Lipinski definition) is 1. The number of unbranched alkanes of at least 4 members (excludes halogenated alkanes) is 1. The van der Waals surface area contributed by atoms with E-state index in [0.717, 1.165) is 24.0 Å². The molecule has 0 spiro atoms. The lowest BCUT2D eigenvalue weighted by atomic mass is 9.87. The Balaban J connectivity index is 1.85. The highest BCUT2D eigenvalue weighted by Gasteiger charge is 2.41. The van der Waals surface area contributed by atoms with E-state index < -0.39 is 0 Å². The molecule has 1 fully saturated rings. The van der Waals surface area contributed by atoms with Crippen molar-refractivity contribution in [2.45, 2.75) is 32.1 Å². The number of rotatable bonds is 9. The summed E-state index contributed by atoms with van der Waals surface area (Å²) in [5.74, 6) is 0.925. The number of amides is 2. The van der Waals surface area contributed by atoms with Crippen LogP contribution in [0.2, 0.25) is 0 Å². The lowest BCUT2D eigenvalue weighted by Crippen LogP contribution is -2.36. The molecule has 1 N–H and O–H groups in total. The molecule has 0 unspecified atom stereocenters. The summed E-state index contributed by atoms with van der Waals surface area (Å²) in [5.41, 5.74) is 1.87. The Hall–Kier alpha value is -3.02. The number of carbonyl (C=O) groups excluding carboxylic acids is 2. The predicted molar refractivity (Wildman–Crippen MR) is 120 cm³/mol. The van der Waals surface area contributed by atoms with Crippen LogP contribution in [0.4, 0.5) is 0 Å². The number of nitrogens with zero attached hydrogens (tertiary/aromatic N) is 1. The third-order valence-corrected chi connectivity index (χ3v) is 5.87. The highest BCUT2D eigenvalue weighted by Crippen LogP contribution is 2.39. The zero-order chi connectivity index (χ0) is 22.2. The van der Waals surface area contributed by atoms with Gasteiger partial charge < -0.3 is 19.7 Å². The van der Waals surface area contributed by atoms with Crippen molar-refractivity contribution in [1.29, 1.82) is 0 Å². The number of nitrogens with one attached hydrogen (secondary N) is 1. The van der Waals surface area contributed by atoms with Crippen LogP contribution in [0.1, 0.15) is 36.8 Å². The van der Waals surface area contributed by atoms with Crippen molar-refractivity contribution in [1.82, 2.24) is 10.2 Å². The molecule has 1 heterocycles. The minimum atomic E-state index is -0.336. The predicted octanol–water partition coefficient (Wildman–Crippen LogP) is 3.40. The van der Waals surface area contributed by atoms with E-state index in [4.69, 9.17) is 9.47 Å². The fraction of sp³-hybridized carbons (Fsp3) is 0.440. The van der Waals surface area contributed by atoms with Crippen LogP contribution in [-0.4, -0.2) is 50.6 Å². The van der Waals surface area contributed by atoms with Crippen LogP contribution in [-0.2, 0) is 16.0 Å². The first-order valence-electron chi connectivity index (χ1n) is 10.9. The largest absolute Gasteiger partial charge is 0.497 e. The van der Waals surface area contributed by atoms with Gasteiger partial charge in [0.25, 0.3) is 0 Å². The van der Waals surface area contributed by atoms with Crippen LogP contribution in [0, 0.1) is 5.92 Å². The van der Waals surface area contributed by atoms with Gasteiger partial charge in [-0.2, -0.15) is 0 Å². The molecule has 1 aliphatic heterocycles. The van der Waals surface area contributed by atoms with Gasteiger partial charge in [-0.3, -0.25) is 9.59 Å². The van der Waals surface area contributed by atoms with Gasteiger partial charge in [-0.1, -0.05) is 43.7 Å². The van der Waals surface area contributed by atoms with Crippen molar-refractivity contribution in [2.75, 3.05) is 33.9 Å². The van der Waals surface area contributed by atoms with E-state index in [9.17, 15) is 9.59 Å². The lowest BCUT2D eigenvalue weighted by Gasteiger charge is -2.21. The monoisotopic (exact) mass is 424 g/mol. The standard InChI is InChI=1S/C25H32N2O4/c1-4-5-13-26-25(29)22-17-27(24(28)14-18-9-7-6-8-10-18)16-21(22)20-15-19(30-2)11-12-23(20)31-3/h6-12,15,21-22H,4-5,13-14,16-17H2,1-3H3,(H,26,29)/t21-,22-/m0/s1. The number of ether oxygens (including phenoxy) is 2. The molecule has 1 aliphatic rings. The molecule has 0 aromatic heterocycles. The van der Waals surface area contributed by atoms with E-state index in [-0.39, 0.29) is 23.7 Å². The Kier molecular flexibility index (Phi) is 7.93. The van der Waals surface area contributed by atoms with Crippen LogP contribution >= 0.6 is 0 Å². The summed E-state index contributed by atoms with van der Waals surface area (Å²) < 4.78 is 11.0. The summed E-state index contributed by atoms with van der Waals surface area (Å²) in [6.07, 6.45) is 2.27. The molecular formula is C25H32N2O4. The lowest BCUT2D eigenvalue weighted by molar-refractivity contribution is -0.130. The van der Waals surface area contributed by atoms with Crippen molar-refractivity contribution in [3.8, 4) is 11.5 Å². The van der Waals surface area contributed by atoms with Gasteiger partial charge in [-0.15, -0.1) is 0 Å². The van der Waals surface area contributed by atoms with Gasteiger partial charge in [0.1, 0.15) is 11.5 Å². The first kappa shape index (κ1) is 22.7. The molecule has 2 aromatic rings. The minimum absolute atomic E-state index is 0.0154. The van der Waals surface area contributed by atoms with Crippen molar-refractivity contribution in [3.05, 3.63) is 59.7 Å². The maximum atomic E-state index is 13.1. The second-order valence-corrected chi connectivity index (χ2v) is 7.93. The Bertz CT molecular complexity index is 884. The maximum absolute atomic E-state index is 13.1. The molecule has 0 saturated carbocycles. The number of likely N-dealkylation sites (tertiary alicyclic amines) is 1. The van der Waals surface area contributed by atoms with E-state index in [0.29, 0.717) is 37.6 Å². The first-order valence-corrected chi connectivity index (χ1v) is 10.9. The normalized spacial score (nSPS) is 18.0. The number of methoxy groups -OCH3 is 2. The molecule has 2 aromatic carbocycles. The van der Waals surface area contributed by atoms with Gasteiger partial charge in [-0.05, 0) is 30.2 Å². The highest BCUT2D eigenvalue weighted by atomic mass is 16.5. The highest BCUT2D eigenvalue weighted by molar-refractivity contribution is 5.84.